The molecule has 0 radical (unpaired) electrons. The van der Waals surface area contributed by atoms with E-state index in [1.165, 1.54) is 4.90 Å². The lowest BCUT2D eigenvalue weighted by Gasteiger charge is -2.21. The second-order valence-electron chi connectivity index (χ2n) is 9.42. The van der Waals surface area contributed by atoms with E-state index < -0.39 is 0 Å². The molecule has 0 bridgehead atoms. The minimum absolute atomic E-state index is 0.0862. The monoisotopic (exact) mass is 488 g/mol. The van der Waals surface area contributed by atoms with Gasteiger partial charge in [0.1, 0.15) is 12.4 Å². The second-order valence-corrected chi connectivity index (χ2v) is 9.83. The third-order valence-electron chi connectivity index (χ3n) is 5.85. The predicted octanol–water partition coefficient (Wildman–Crippen LogP) is 6.08. The summed E-state index contributed by atoms with van der Waals surface area (Å²) in [4.78, 5) is 28.0. The van der Waals surface area contributed by atoms with Gasteiger partial charge in [-0.25, -0.2) is 4.68 Å². The first-order valence-electron chi connectivity index (χ1n) is 11.6. The van der Waals surface area contributed by atoms with Crippen LogP contribution in [0, 0.1) is 0 Å². The van der Waals surface area contributed by atoms with Crippen molar-refractivity contribution < 1.29 is 9.59 Å². The SMILES string of the molecule is CCN(CC(=O)Nc1cc(C(C)(C)C)nn1-c1ccccc1Cl)C(=O)c1cccc2ccccc12. The number of halogens is 1. The molecule has 0 saturated heterocycles. The number of hydrogen-bond donors (Lipinski definition) is 1. The Hall–Kier alpha value is -3.64. The number of nitrogens with zero attached hydrogens (tertiary/aromatic N) is 3. The van der Waals surface area contributed by atoms with Crippen LogP contribution in [-0.4, -0.2) is 39.6 Å². The highest BCUT2D eigenvalue weighted by Crippen LogP contribution is 2.29. The van der Waals surface area contributed by atoms with Crippen LogP contribution in [0.2, 0.25) is 5.02 Å². The summed E-state index contributed by atoms with van der Waals surface area (Å²) in [6.07, 6.45) is 0. The average molecular weight is 489 g/mol. The summed E-state index contributed by atoms with van der Waals surface area (Å²) >= 11 is 6.43. The fourth-order valence-electron chi connectivity index (χ4n) is 3.91. The Kier molecular flexibility index (Phi) is 6.94. The van der Waals surface area contributed by atoms with E-state index in [1.807, 2.05) is 67.6 Å². The minimum Gasteiger partial charge on any atom is -0.330 e. The molecule has 1 heterocycles. The number of para-hydroxylation sites is 1. The van der Waals surface area contributed by atoms with Crippen LogP contribution < -0.4 is 5.32 Å². The van der Waals surface area contributed by atoms with Gasteiger partial charge in [-0.05, 0) is 35.9 Å². The number of rotatable bonds is 6. The molecule has 0 unspecified atom stereocenters. The Morgan fingerprint density at radius 1 is 1.00 bits per heavy atom. The summed E-state index contributed by atoms with van der Waals surface area (Å²) in [5.41, 5.74) is 1.83. The average Bonchev–Trinajstić information content (AvgIpc) is 3.26. The maximum Gasteiger partial charge on any atom is 0.254 e. The van der Waals surface area contributed by atoms with E-state index in [1.54, 1.807) is 16.8 Å². The third kappa shape index (κ3) is 5.23. The number of anilines is 1. The molecular formula is C28H29ClN4O2. The van der Waals surface area contributed by atoms with Gasteiger partial charge in [0, 0.05) is 23.6 Å². The Morgan fingerprint density at radius 3 is 2.40 bits per heavy atom. The van der Waals surface area contributed by atoms with E-state index in [0.717, 1.165) is 16.5 Å². The van der Waals surface area contributed by atoms with Gasteiger partial charge < -0.3 is 10.2 Å². The van der Waals surface area contributed by atoms with E-state index in [0.29, 0.717) is 28.6 Å². The van der Waals surface area contributed by atoms with Gasteiger partial charge in [-0.1, -0.05) is 80.9 Å². The van der Waals surface area contributed by atoms with Gasteiger partial charge in [-0.2, -0.15) is 5.10 Å². The maximum absolute atomic E-state index is 13.4. The maximum atomic E-state index is 13.4. The van der Waals surface area contributed by atoms with Crippen molar-refractivity contribution in [2.75, 3.05) is 18.4 Å². The third-order valence-corrected chi connectivity index (χ3v) is 6.17. The van der Waals surface area contributed by atoms with Crippen LogP contribution in [-0.2, 0) is 10.2 Å². The topological polar surface area (TPSA) is 67.2 Å². The second kappa shape index (κ2) is 9.92. The summed E-state index contributed by atoms with van der Waals surface area (Å²) in [6, 6.07) is 22.6. The van der Waals surface area contributed by atoms with Crippen LogP contribution in [0.25, 0.3) is 16.5 Å². The molecule has 4 rings (SSSR count). The number of nitrogens with one attached hydrogen (secondary N) is 1. The first kappa shape index (κ1) is 24.5. The summed E-state index contributed by atoms with van der Waals surface area (Å²) in [6.45, 7) is 8.34. The van der Waals surface area contributed by atoms with Gasteiger partial charge in [0.15, 0.2) is 0 Å². The van der Waals surface area contributed by atoms with E-state index in [9.17, 15) is 9.59 Å². The quantitative estimate of drug-likeness (QED) is 0.358. The van der Waals surface area contributed by atoms with Crippen molar-refractivity contribution in [3.8, 4) is 5.69 Å². The van der Waals surface area contributed by atoms with E-state index in [2.05, 4.69) is 26.1 Å². The summed E-state index contributed by atoms with van der Waals surface area (Å²) in [5, 5.41) is 10.0. The summed E-state index contributed by atoms with van der Waals surface area (Å²) < 4.78 is 1.64. The van der Waals surface area contributed by atoms with Crippen molar-refractivity contribution in [1.29, 1.82) is 0 Å². The number of carbonyl (C=O) groups is 2. The standard InChI is InChI=1S/C28H29ClN4O2/c1-5-32(27(35)21-14-10-12-19-11-6-7-13-20(19)21)18-26(34)30-25-17-24(28(2,3)4)31-33(25)23-16-9-8-15-22(23)29/h6-17H,5,18H2,1-4H3,(H,30,34). The van der Waals surface area contributed by atoms with Crippen LogP contribution in [0.4, 0.5) is 5.82 Å². The van der Waals surface area contributed by atoms with Gasteiger partial charge in [0.25, 0.3) is 5.91 Å². The minimum atomic E-state index is -0.311. The van der Waals surface area contributed by atoms with E-state index >= 15 is 0 Å². The van der Waals surface area contributed by atoms with Crippen molar-refractivity contribution in [2.24, 2.45) is 0 Å². The van der Waals surface area contributed by atoms with Crippen molar-refractivity contribution in [3.63, 3.8) is 0 Å². The van der Waals surface area contributed by atoms with Gasteiger partial charge in [-0.3, -0.25) is 9.59 Å². The molecule has 0 spiro atoms. The lowest BCUT2D eigenvalue weighted by atomic mass is 9.92. The van der Waals surface area contributed by atoms with Gasteiger partial charge in [0.2, 0.25) is 5.91 Å². The number of likely N-dealkylation sites (N-methyl/N-ethyl adjacent to an activating group) is 1. The molecule has 0 aliphatic carbocycles. The molecule has 2 amide bonds. The molecule has 6 nitrogen and oxygen atoms in total. The zero-order chi connectivity index (χ0) is 25.2. The number of hydrogen-bond acceptors (Lipinski definition) is 3. The molecule has 35 heavy (non-hydrogen) atoms. The number of amides is 2. The molecular weight excluding hydrogens is 460 g/mol. The van der Waals surface area contributed by atoms with E-state index in [-0.39, 0.29) is 23.8 Å². The molecule has 180 valence electrons. The lowest BCUT2D eigenvalue weighted by Crippen LogP contribution is -2.38. The van der Waals surface area contributed by atoms with Crippen molar-refractivity contribution in [3.05, 3.63) is 89.1 Å². The van der Waals surface area contributed by atoms with Gasteiger partial charge in [0.05, 0.1) is 16.4 Å². The fourth-order valence-corrected chi connectivity index (χ4v) is 4.12. The summed E-state index contributed by atoms with van der Waals surface area (Å²) in [7, 11) is 0. The van der Waals surface area contributed by atoms with Crippen LogP contribution in [0.1, 0.15) is 43.7 Å². The summed E-state index contributed by atoms with van der Waals surface area (Å²) in [5.74, 6) is 0.00484. The molecule has 4 aromatic rings. The highest BCUT2D eigenvalue weighted by Gasteiger charge is 2.24. The molecule has 0 saturated carbocycles. The van der Waals surface area contributed by atoms with Gasteiger partial charge >= 0.3 is 0 Å². The highest BCUT2D eigenvalue weighted by molar-refractivity contribution is 6.32. The fraction of sp³-hybridized carbons (Fsp3) is 0.250. The number of benzene rings is 3. The van der Waals surface area contributed by atoms with E-state index in [4.69, 9.17) is 16.7 Å². The Bertz CT molecular complexity index is 1380. The smallest absolute Gasteiger partial charge is 0.254 e. The predicted molar refractivity (Wildman–Crippen MR) is 141 cm³/mol. The largest absolute Gasteiger partial charge is 0.330 e. The van der Waals surface area contributed by atoms with Gasteiger partial charge in [-0.15, -0.1) is 0 Å². The highest BCUT2D eigenvalue weighted by atomic mass is 35.5. The molecule has 0 aliphatic heterocycles. The molecule has 3 aromatic carbocycles. The number of fused-ring (bicyclic) bond motifs is 1. The van der Waals surface area contributed by atoms with Crippen LogP contribution in [0.15, 0.2) is 72.8 Å². The Labute approximate surface area is 210 Å². The Morgan fingerprint density at radius 2 is 1.69 bits per heavy atom. The molecule has 0 atom stereocenters. The number of aromatic nitrogens is 2. The van der Waals surface area contributed by atoms with Crippen molar-refractivity contribution >= 4 is 40.0 Å². The Balaban J connectivity index is 1.60. The van der Waals surface area contributed by atoms with Crippen molar-refractivity contribution in [2.45, 2.75) is 33.1 Å². The van der Waals surface area contributed by atoms with Crippen molar-refractivity contribution in [1.82, 2.24) is 14.7 Å². The van der Waals surface area contributed by atoms with Crippen LogP contribution in [0.3, 0.4) is 0 Å². The normalized spacial score (nSPS) is 11.5. The zero-order valence-electron chi connectivity index (χ0n) is 20.4. The number of carbonyl (C=O) groups excluding carboxylic acids is 2. The van der Waals surface area contributed by atoms with Crippen LogP contribution in [0.5, 0.6) is 0 Å². The molecule has 1 aromatic heterocycles. The molecule has 7 heteroatoms. The molecule has 0 fully saturated rings. The first-order chi connectivity index (χ1) is 16.7. The zero-order valence-corrected chi connectivity index (χ0v) is 21.1. The molecule has 0 aliphatic rings. The first-order valence-corrected chi connectivity index (χ1v) is 12.0. The van der Waals surface area contributed by atoms with Crippen LogP contribution >= 0.6 is 11.6 Å². The molecule has 1 N–H and O–H groups in total. The lowest BCUT2D eigenvalue weighted by molar-refractivity contribution is -0.116.